The molecule has 0 unspecified atom stereocenters. The molecular formula is C15H20BrNO. The van der Waals surface area contributed by atoms with E-state index in [-0.39, 0.29) is 5.92 Å². The number of carbonyl (C=O) groups excluding carboxylic acids is 1. The summed E-state index contributed by atoms with van der Waals surface area (Å²) in [6, 6.07) is 4.36. The second-order valence-corrected chi connectivity index (χ2v) is 6.18. The maximum Gasteiger partial charge on any atom is 0.123 e. The summed E-state index contributed by atoms with van der Waals surface area (Å²) in [6.07, 6.45) is 3.14. The van der Waals surface area contributed by atoms with E-state index in [4.69, 9.17) is 0 Å². The molecule has 1 aliphatic heterocycles. The molecule has 2 nitrogen and oxygen atoms in total. The second-order valence-electron chi connectivity index (χ2n) is 5.27. The molecule has 1 saturated heterocycles. The van der Waals surface area contributed by atoms with Gasteiger partial charge in [0.15, 0.2) is 0 Å². The number of likely N-dealkylation sites (tertiary alicyclic amines) is 1. The van der Waals surface area contributed by atoms with Gasteiger partial charge in [0.05, 0.1) is 0 Å². The van der Waals surface area contributed by atoms with Gasteiger partial charge in [0, 0.05) is 16.9 Å². The van der Waals surface area contributed by atoms with Gasteiger partial charge in [0.2, 0.25) is 0 Å². The summed E-state index contributed by atoms with van der Waals surface area (Å²) >= 11 is 3.54. The molecule has 0 radical (unpaired) electrons. The van der Waals surface area contributed by atoms with E-state index in [0.29, 0.717) is 0 Å². The number of carbonyl (C=O) groups is 1. The highest BCUT2D eigenvalue weighted by Gasteiger charge is 2.19. The third-order valence-electron chi connectivity index (χ3n) is 3.87. The molecule has 0 amide bonds. The van der Waals surface area contributed by atoms with Gasteiger partial charge in [0.1, 0.15) is 6.29 Å². The van der Waals surface area contributed by atoms with Crippen LogP contribution in [0.2, 0.25) is 0 Å². The number of aryl methyl sites for hydroxylation is 2. The lowest BCUT2D eigenvalue weighted by Crippen LogP contribution is -2.34. The minimum Gasteiger partial charge on any atom is -0.303 e. The summed E-state index contributed by atoms with van der Waals surface area (Å²) < 4.78 is 1.15. The molecule has 1 aliphatic rings. The third-order valence-corrected chi connectivity index (χ3v) is 4.33. The minimum absolute atomic E-state index is 0.286. The van der Waals surface area contributed by atoms with E-state index in [2.05, 4.69) is 46.8 Å². The lowest BCUT2D eigenvalue weighted by molar-refractivity contribution is -0.112. The van der Waals surface area contributed by atoms with Crippen LogP contribution in [-0.4, -0.2) is 24.3 Å². The zero-order valence-electron chi connectivity index (χ0n) is 11.1. The summed E-state index contributed by atoms with van der Waals surface area (Å²) in [6.45, 7) is 7.43. The molecule has 1 fully saturated rings. The van der Waals surface area contributed by atoms with Gasteiger partial charge < -0.3 is 4.79 Å². The van der Waals surface area contributed by atoms with E-state index in [1.807, 2.05) is 0 Å². The zero-order valence-corrected chi connectivity index (χ0v) is 12.7. The van der Waals surface area contributed by atoms with Crippen LogP contribution in [0.5, 0.6) is 0 Å². The standard InChI is InChI=1S/C15H20BrNO/c1-11-7-14(16)8-12(2)15(11)9-17-5-3-13(10-18)4-6-17/h7-8,10,13H,3-6,9H2,1-2H3. The van der Waals surface area contributed by atoms with E-state index >= 15 is 0 Å². The summed E-state index contributed by atoms with van der Waals surface area (Å²) in [5.74, 6) is 0.286. The van der Waals surface area contributed by atoms with Crippen molar-refractivity contribution in [1.82, 2.24) is 4.90 Å². The van der Waals surface area contributed by atoms with Gasteiger partial charge in [-0.05, 0) is 68.6 Å². The molecule has 0 aromatic heterocycles. The predicted molar refractivity (Wildman–Crippen MR) is 77.7 cm³/mol. The Morgan fingerprint density at radius 1 is 1.28 bits per heavy atom. The van der Waals surface area contributed by atoms with Gasteiger partial charge in [-0.25, -0.2) is 0 Å². The lowest BCUT2D eigenvalue weighted by atomic mass is 9.96. The van der Waals surface area contributed by atoms with Crippen LogP contribution in [0.3, 0.4) is 0 Å². The number of nitrogens with zero attached hydrogens (tertiary/aromatic N) is 1. The van der Waals surface area contributed by atoms with Crippen molar-refractivity contribution < 1.29 is 4.79 Å². The number of halogens is 1. The quantitative estimate of drug-likeness (QED) is 0.797. The number of rotatable bonds is 3. The van der Waals surface area contributed by atoms with Crippen LogP contribution in [0.25, 0.3) is 0 Å². The maximum absolute atomic E-state index is 10.7. The van der Waals surface area contributed by atoms with Crippen LogP contribution < -0.4 is 0 Å². The Balaban J connectivity index is 2.04. The molecular weight excluding hydrogens is 290 g/mol. The first kappa shape index (κ1) is 13.8. The molecule has 0 N–H and O–H groups in total. The van der Waals surface area contributed by atoms with Crippen molar-refractivity contribution in [3.63, 3.8) is 0 Å². The molecule has 0 spiro atoms. The monoisotopic (exact) mass is 309 g/mol. The number of aldehydes is 1. The molecule has 0 bridgehead atoms. The van der Waals surface area contributed by atoms with E-state index in [9.17, 15) is 4.79 Å². The minimum atomic E-state index is 0.286. The van der Waals surface area contributed by atoms with Gasteiger partial charge >= 0.3 is 0 Å². The Labute approximate surface area is 117 Å². The van der Waals surface area contributed by atoms with Crippen LogP contribution in [0.1, 0.15) is 29.5 Å². The summed E-state index contributed by atoms with van der Waals surface area (Å²) in [7, 11) is 0. The van der Waals surface area contributed by atoms with Crippen molar-refractivity contribution in [2.45, 2.75) is 33.2 Å². The Morgan fingerprint density at radius 2 is 1.83 bits per heavy atom. The normalized spacial score (nSPS) is 17.9. The van der Waals surface area contributed by atoms with Gasteiger partial charge in [0.25, 0.3) is 0 Å². The molecule has 0 aliphatic carbocycles. The summed E-state index contributed by atoms with van der Waals surface area (Å²) in [4.78, 5) is 13.2. The Bertz CT molecular complexity index is 413. The molecule has 0 saturated carbocycles. The van der Waals surface area contributed by atoms with Crippen LogP contribution in [0, 0.1) is 19.8 Å². The van der Waals surface area contributed by atoms with E-state index in [1.54, 1.807) is 0 Å². The van der Waals surface area contributed by atoms with Crippen molar-refractivity contribution in [1.29, 1.82) is 0 Å². The molecule has 0 atom stereocenters. The molecule has 98 valence electrons. The zero-order chi connectivity index (χ0) is 13.1. The fourth-order valence-electron chi connectivity index (χ4n) is 2.66. The maximum atomic E-state index is 10.7. The Kier molecular flexibility index (Phi) is 4.57. The Morgan fingerprint density at radius 3 is 2.33 bits per heavy atom. The fraction of sp³-hybridized carbons (Fsp3) is 0.533. The number of hydrogen-bond acceptors (Lipinski definition) is 2. The molecule has 1 heterocycles. The Hall–Kier alpha value is -0.670. The van der Waals surface area contributed by atoms with Crippen LogP contribution in [-0.2, 0) is 11.3 Å². The van der Waals surface area contributed by atoms with E-state index < -0.39 is 0 Å². The van der Waals surface area contributed by atoms with Crippen molar-refractivity contribution in [3.05, 3.63) is 33.3 Å². The summed E-state index contributed by atoms with van der Waals surface area (Å²) in [5, 5.41) is 0. The van der Waals surface area contributed by atoms with Crippen molar-refractivity contribution >= 4 is 22.2 Å². The second kappa shape index (κ2) is 5.98. The van der Waals surface area contributed by atoms with Gasteiger partial charge in [-0.2, -0.15) is 0 Å². The molecule has 2 rings (SSSR count). The first-order valence-corrected chi connectivity index (χ1v) is 7.32. The first-order chi connectivity index (χ1) is 8.60. The highest BCUT2D eigenvalue weighted by molar-refractivity contribution is 9.10. The molecule has 18 heavy (non-hydrogen) atoms. The van der Waals surface area contributed by atoms with Gasteiger partial charge in [-0.1, -0.05) is 15.9 Å². The van der Waals surface area contributed by atoms with Gasteiger partial charge in [-0.3, -0.25) is 4.90 Å². The van der Waals surface area contributed by atoms with Crippen molar-refractivity contribution in [3.8, 4) is 0 Å². The average molecular weight is 310 g/mol. The molecule has 1 aromatic carbocycles. The topological polar surface area (TPSA) is 20.3 Å². The third kappa shape index (κ3) is 3.21. The van der Waals surface area contributed by atoms with Crippen LogP contribution in [0.4, 0.5) is 0 Å². The number of benzene rings is 1. The van der Waals surface area contributed by atoms with Crippen molar-refractivity contribution in [2.24, 2.45) is 5.92 Å². The highest BCUT2D eigenvalue weighted by atomic mass is 79.9. The average Bonchev–Trinajstić information content (AvgIpc) is 2.34. The lowest BCUT2D eigenvalue weighted by Gasteiger charge is -2.30. The largest absolute Gasteiger partial charge is 0.303 e. The predicted octanol–water partition coefficient (Wildman–Crippen LogP) is 3.48. The van der Waals surface area contributed by atoms with Crippen LogP contribution in [0.15, 0.2) is 16.6 Å². The fourth-order valence-corrected chi connectivity index (χ4v) is 3.35. The SMILES string of the molecule is Cc1cc(Br)cc(C)c1CN1CCC(C=O)CC1. The number of hydrogen-bond donors (Lipinski definition) is 0. The first-order valence-electron chi connectivity index (χ1n) is 6.53. The van der Waals surface area contributed by atoms with Crippen LogP contribution >= 0.6 is 15.9 Å². The van der Waals surface area contributed by atoms with Gasteiger partial charge in [-0.15, -0.1) is 0 Å². The highest BCUT2D eigenvalue weighted by Crippen LogP contribution is 2.24. The molecule has 1 aromatic rings. The number of piperidine rings is 1. The van der Waals surface area contributed by atoms with E-state index in [0.717, 1.165) is 43.2 Å². The van der Waals surface area contributed by atoms with E-state index in [1.165, 1.54) is 16.7 Å². The summed E-state index contributed by atoms with van der Waals surface area (Å²) in [5.41, 5.74) is 4.13. The smallest absolute Gasteiger partial charge is 0.123 e. The molecule has 3 heteroatoms. The van der Waals surface area contributed by atoms with Crippen molar-refractivity contribution in [2.75, 3.05) is 13.1 Å².